The summed E-state index contributed by atoms with van der Waals surface area (Å²) in [5.41, 5.74) is 2.14. The van der Waals surface area contributed by atoms with Crippen molar-refractivity contribution in [3.05, 3.63) is 65.8 Å². The molecule has 0 unspecified atom stereocenters. The lowest BCUT2D eigenvalue weighted by Crippen LogP contribution is -2.27. The fraction of sp³-hybridized carbons (Fsp3) is 0.300. The Balaban J connectivity index is 1.37. The van der Waals surface area contributed by atoms with E-state index in [0.717, 1.165) is 42.3 Å². The Morgan fingerprint density at radius 1 is 1.08 bits per heavy atom. The van der Waals surface area contributed by atoms with Crippen molar-refractivity contribution in [3.63, 3.8) is 0 Å². The molecule has 0 aliphatic carbocycles. The quantitative estimate of drug-likeness (QED) is 0.601. The second kappa shape index (κ2) is 7.60. The van der Waals surface area contributed by atoms with Crippen molar-refractivity contribution < 1.29 is 8.81 Å². The maximum atomic E-state index is 13.0. The molecule has 0 amide bonds. The molecular weight excluding hydrogens is 349 g/mol. The van der Waals surface area contributed by atoms with Crippen LogP contribution >= 0.6 is 11.9 Å². The second-order valence-corrected chi connectivity index (χ2v) is 7.73. The molecule has 0 spiro atoms. The Bertz CT molecular complexity index is 873. The van der Waals surface area contributed by atoms with E-state index < -0.39 is 0 Å². The Labute approximate surface area is 156 Å². The third kappa shape index (κ3) is 3.97. The monoisotopic (exact) mass is 369 g/mol. The van der Waals surface area contributed by atoms with Crippen molar-refractivity contribution in [2.75, 3.05) is 13.1 Å². The minimum atomic E-state index is -0.200. The third-order valence-electron chi connectivity index (χ3n) is 4.56. The van der Waals surface area contributed by atoms with E-state index in [1.165, 1.54) is 17.7 Å². The van der Waals surface area contributed by atoms with Gasteiger partial charge in [0, 0.05) is 29.5 Å². The summed E-state index contributed by atoms with van der Waals surface area (Å²) in [6.07, 6.45) is 1.95. The highest BCUT2D eigenvalue weighted by Gasteiger charge is 2.25. The van der Waals surface area contributed by atoms with Crippen LogP contribution in [0.15, 0.2) is 57.8 Å². The fourth-order valence-electron chi connectivity index (χ4n) is 3.13. The van der Waals surface area contributed by atoms with Gasteiger partial charge in [0.25, 0.3) is 0 Å². The van der Waals surface area contributed by atoms with Crippen LogP contribution in [0.2, 0.25) is 0 Å². The predicted molar refractivity (Wildman–Crippen MR) is 100 cm³/mol. The minimum absolute atomic E-state index is 0.200. The first-order chi connectivity index (χ1) is 12.7. The third-order valence-corrected chi connectivity index (χ3v) is 5.66. The molecule has 6 heteroatoms. The summed E-state index contributed by atoms with van der Waals surface area (Å²) in [4.78, 5) is 1.06. The Kier molecular flexibility index (Phi) is 5.04. The standard InChI is InChI=1S/C20H20FN3OS/c1-14-3-2-4-16(13-14)20-23-22-19(25-20)15-9-11-24(12-10-15)26-18-7-5-17(21)6-8-18/h2-8,13,15H,9-12H2,1H3. The van der Waals surface area contributed by atoms with E-state index in [0.29, 0.717) is 11.8 Å². The van der Waals surface area contributed by atoms with Crippen LogP contribution in [0.5, 0.6) is 0 Å². The number of hydrogen-bond donors (Lipinski definition) is 0. The molecule has 4 rings (SSSR count). The molecule has 1 fully saturated rings. The zero-order valence-corrected chi connectivity index (χ0v) is 15.4. The number of benzene rings is 2. The molecule has 0 radical (unpaired) electrons. The highest BCUT2D eigenvalue weighted by atomic mass is 32.2. The van der Waals surface area contributed by atoms with Crippen molar-refractivity contribution in [1.29, 1.82) is 0 Å². The lowest BCUT2D eigenvalue weighted by molar-refractivity contribution is 0.309. The Morgan fingerprint density at radius 3 is 2.58 bits per heavy atom. The summed E-state index contributed by atoms with van der Waals surface area (Å²) in [6, 6.07) is 14.7. The number of rotatable bonds is 4. The Hall–Kier alpha value is -2.18. The maximum absolute atomic E-state index is 13.0. The first-order valence-electron chi connectivity index (χ1n) is 8.76. The van der Waals surface area contributed by atoms with Crippen LogP contribution in [0.3, 0.4) is 0 Å². The van der Waals surface area contributed by atoms with E-state index in [4.69, 9.17) is 4.42 Å². The van der Waals surface area contributed by atoms with Gasteiger partial charge in [0.15, 0.2) is 0 Å². The molecule has 3 aromatic rings. The zero-order valence-electron chi connectivity index (χ0n) is 14.6. The van der Waals surface area contributed by atoms with Gasteiger partial charge in [-0.15, -0.1) is 10.2 Å². The van der Waals surface area contributed by atoms with Crippen LogP contribution in [0.25, 0.3) is 11.5 Å². The van der Waals surface area contributed by atoms with Gasteiger partial charge in [0.1, 0.15) is 5.82 Å². The molecule has 0 bridgehead atoms. The molecule has 0 saturated carbocycles. The van der Waals surface area contributed by atoms with E-state index in [9.17, 15) is 4.39 Å². The van der Waals surface area contributed by atoms with Gasteiger partial charge >= 0.3 is 0 Å². The topological polar surface area (TPSA) is 42.2 Å². The summed E-state index contributed by atoms with van der Waals surface area (Å²) >= 11 is 1.67. The van der Waals surface area contributed by atoms with Gasteiger partial charge in [0.05, 0.1) is 0 Å². The first-order valence-corrected chi connectivity index (χ1v) is 9.53. The number of halogens is 1. The highest BCUT2D eigenvalue weighted by Crippen LogP contribution is 2.33. The van der Waals surface area contributed by atoms with Gasteiger partial charge < -0.3 is 4.42 Å². The lowest BCUT2D eigenvalue weighted by Gasteiger charge is -2.29. The van der Waals surface area contributed by atoms with Crippen LogP contribution in [-0.4, -0.2) is 27.6 Å². The van der Waals surface area contributed by atoms with Gasteiger partial charge in [-0.05, 0) is 68.1 Å². The number of piperidine rings is 1. The number of hydrogen-bond acceptors (Lipinski definition) is 5. The fourth-order valence-corrected chi connectivity index (χ4v) is 4.08. The SMILES string of the molecule is Cc1cccc(-c2nnc(C3CCN(Sc4ccc(F)cc4)CC3)o2)c1. The maximum Gasteiger partial charge on any atom is 0.247 e. The molecular formula is C20H20FN3OS. The van der Waals surface area contributed by atoms with Gasteiger partial charge in [-0.25, -0.2) is 8.70 Å². The lowest BCUT2D eigenvalue weighted by atomic mass is 9.98. The molecule has 2 aromatic carbocycles. The molecule has 2 heterocycles. The molecule has 1 aliphatic rings. The van der Waals surface area contributed by atoms with Gasteiger partial charge in [-0.2, -0.15) is 0 Å². The number of aromatic nitrogens is 2. The Morgan fingerprint density at radius 2 is 1.85 bits per heavy atom. The van der Waals surface area contributed by atoms with Crippen molar-refractivity contribution in [2.45, 2.75) is 30.6 Å². The van der Waals surface area contributed by atoms with Crippen molar-refractivity contribution in [3.8, 4) is 11.5 Å². The van der Waals surface area contributed by atoms with Gasteiger partial charge in [0.2, 0.25) is 11.8 Å². The first kappa shape index (κ1) is 17.2. The van der Waals surface area contributed by atoms with Crippen LogP contribution in [-0.2, 0) is 0 Å². The summed E-state index contributed by atoms with van der Waals surface area (Å²) in [6.45, 7) is 3.93. The summed E-state index contributed by atoms with van der Waals surface area (Å²) in [7, 11) is 0. The summed E-state index contributed by atoms with van der Waals surface area (Å²) in [5.74, 6) is 1.42. The molecule has 0 atom stereocenters. The van der Waals surface area contributed by atoms with Crippen LogP contribution in [0, 0.1) is 12.7 Å². The van der Waals surface area contributed by atoms with Crippen molar-refractivity contribution in [2.24, 2.45) is 0 Å². The zero-order chi connectivity index (χ0) is 17.9. The molecule has 134 valence electrons. The summed E-state index contributed by atoms with van der Waals surface area (Å²) in [5, 5.41) is 8.51. The molecule has 4 nitrogen and oxygen atoms in total. The van der Waals surface area contributed by atoms with E-state index in [-0.39, 0.29) is 5.82 Å². The van der Waals surface area contributed by atoms with E-state index in [1.54, 1.807) is 11.9 Å². The van der Waals surface area contributed by atoms with Gasteiger partial charge in [-0.3, -0.25) is 0 Å². The predicted octanol–water partition coefficient (Wildman–Crippen LogP) is 5.07. The van der Waals surface area contributed by atoms with Crippen LogP contribution < -0.4 is 0 Å². The van der Waals surface area contributed by atoms with Gasteiger partial charge in [-0.1, -0.05) is 17.7 Å². The summed E-state index contributed by atoms with van der Waals surface area (Å²) < 4.78 is 21.3. The normalized spacial score (nSPS) is 16.1. The molecule has 1 saturated heterocycles. The second-order valence-electron chi connectivity index (χ2n) is 6.56. The van der Waals surface area contributed by atoms with E-state index >= 15 is 0 Å². The van der Waals surface area contributed by atoms with E-state index in [1.807, 2.05) is 24.3 Å². The molecule has 1 aliphatic heterocycles. The number of aryl methyl sites for hydroxylation is 1. The van der Waals surface area contributed by atoms with Crippen LogP contribution in [0.1, 0.15) is 30.2 Å². The average Bonchev–Trinajstić information content (AvgIpc) is 3.14. The average molecular weight is 369 g/mol. The largest absolute Gasteiger partial charge is 0.420 e. The van der Waals surface area contributed by atoms with E-state index in [2.05, 4.69) is 33.6 Å². The van der Waals surface area contributed by atoms with Crippen LogP contribution in [0.4, 0.5) is 4.39 Å². The van der Waals surface area contributed by atoms with Crippen molar-refractivity contribution >= 4 is 11.9 Å². The highest BCUT2D eigenvalue weighted by molar-refractivity contribution is 7.97. The van der Waals surface area contributed by atoms with Crippen molar-refractivity contribution in [1.82, 2.24) is 14.5 Å². The molecule has 1 aromatic heterocycles. The molecule has 26 heavy (non-hydrogen) atoms. The smallest absolute Gasteiger partial charge is 0.247 e. The number of nitrogens with zero attached hydrogens (tertiary/aromatic N) is 3. The minimum Gasteiger partial charge on any atom is -0.420 e. The molecule has 0 N–H and O–H groups in total.